The van der Waals surface area contributed by atoms with E-state index in [1.807, 2.05) is 18.2 Å². The van der Waals surface area contributed by atoms with Gasteiger partial charge in [0, 0.05) is 31.7 Å². The molecule has 3 aromatic rings. The predicted octanol–water partition coefficient (Wildman–Crippen LogP) is 3.26. The molecule has 1 fully saturated rings. The Morgan fingerprint density at radius 3 is 2.69 bits per heavy atom. The minimum Gasteiger partial charge on any atom is -0.379 e. The zero-order valence-corrected chi connectivity index (χ0v) is 15.8. The second-order valence-corrected chi connectivity index (χ2v) is 6.99. The molecule has 2 N–H and O–H groups in total. The van der Waals surface area contributed by atoms with Crippen LogP contribution in [0.3, 0.4) is 0 Å². The van der Waals surface area contributed by atoms with Gasteiger partial charge < -0.3 is 15.0 Å². The average Bonchev–Trinajstić information content (AvgIpc) is 3.17. The molecule has 4 rings (SSSR count). The summed E-state index contributed by atoms with van der Waals surface area (Å²) >= 11 is 0. The van der Waals surface area contributed by atoms with Gasteiger partial charge in [-0.25, -0.2) is 13.8 Å². The lowest BCUT2D eigenvalue weighted by molar-refractivity contribution is 0.0340. The number of alkyl halides is 2. The number of rotatable bonds is 6. The van der Waals surface area contributed by atoms with Crippen LogP contribution in [-0.2, 0) is 17.8 Å². The van der Waals surface area contributed by atoms with Crippen molar-refractivity contribution in [3.05, 3.63) is 65.0 Å². The van der Waals surface area contributed by atoms with Crippen LogP contribution >= 0.6 is 0 Å². The first kappa shape index (κ1) is 19.5. The lowest BCUT2D eigenvalue weighted by Crippen LogP contribution is -2.36. The fraction of sp³-hybridized carbons (Fsp3) is 0.333. The molecule has 29 heavy (non-hydrogen) atoms. The summed E-state index contributed by atoms with van der Waals surface area (Å²) in [5, 5.41) is 2.92. The van der Waals surface area contributed by atoms with Gasteiger partial charge in [0.25, 0.3) is 12.3 Å². The van der Waals surface area contributed by atoms with Crippen LogP contribution in [-0.4, -0.2) is 47.1 Å². The first-order valence-electron chi connectivity index (χ1n) is 9.53. The molecule has 152 valence electrons. The highest BCUT2D eigenvalue weighted by Crippen LogP contribution is 2.21. The first-order valence-corrected chi connectivity index (χ1v) is 9.53. The number of imidazole rings is 1. The molecule has 1 aromatic heterocycles. The van der Waals surface area contributed by atoms with E-state index >= 15 is 0 Å². The van der Waals surface area contributed by atoms with Crippen LogP contribution in [0.2, 0.25) is 0 Å². The largest absolute Gasteiger partial charge is 0.379 e. The van der Waals surface area contributed by atoms with Gasteiger partial charge in [-0.3, -0.25) is 9.69 Å². The van der Waals surface area contributed by atoms with Crippen molar-refractivity contribution >= 4 is 16.9 Å². The number of H-pyrrole nitrogens is 1. The Balaban J connectivity index is 1.43. The predicted molar refractivity (Wildman–Crippen MR) is 105 cm³/mol. The smallest absolute Gasteiger partial charge is 0.295 e. The van der Waals surface area contributed by atoms with Crippen molar-refractivity contribution in [3.63, 3.8) is 0 Å². The van der Waals surface area contributed by atoms with Crippen molar-refractivity contribution in [3.8, 4) is 0 Å². The summed E-state index contributed by atoms with van der Waals surface area (Å²) in [6.07, 6.45) is -2.68. The third-order valence-corrected chi connectivity index (χ3v) is 5.02. The van der Waals surface area contributed by atoms with E-state index in [0.717, 1.165) is 38.4 Å². The van der Waals surface area contributed by atoms with Crippen molar-refractivity contribution in [2.75, 3.05) is 26.3 Å². The molecular formula is C21H22F2N4O2. The summed E-state index contributed by atoms with van der Waals surface area (Å²) in [6.45, 7) is 4.47. The van der Waals surface area contributed by atoms with Gasteiger partial charge in [0.1, 0.15) is 0 Å². The molecule has 1 aliphatic rings. The molecule has 0 atom stereocenters. The number of nitrogens with zero attached hydrogens (tertiary/aromatic N) is 2. The quantitative estimate of drug-likeness (QED) is 0.666. The summed E-state index contributed by atoms with van der Waals surface area (Å²) in [7, 11) is 0. The van der Waals surface area contributed by atoms with E-state index in [9.17, 15) is 13.6 Å². The van der Waals surface area contributed by atoms with Crippen LogP contribution in [0.25, 0.3) is 11.0 Å². The van der Waals surface area contributed by atoms with Crippen LogP contribution in [0.4, 0.5) is 8.78 Å². The molecule has 1 saturated heterocycles. The summed E-state index contributed by atoms with van der Waals surface area (Å²) < 4.78 is 31.0. The third-order valence-electron chi connectivity index (χ3n) is 5.02. The summed E-state index contributed by atoms with van der Waals surface area (Å²) in [5.41, 5.74) is 3.44. The van der Waals surface area contributed by atoms with Gasteiger partial charge in [-0.05, 0) is 29.3 Å². The molecular weight excluding hydrogens is 378 g/mol. The van der Waals surface area contributed by atoms with Gasteiger partial charge >= 0.3 is 0 Å². The number of morpholine rings is 1. The van der Waals surface area contributed by atoms with E-state index in [4.69, 9.17) is 4.74 Å². The van der Waals surface area contributed by atoms with E-state index in [-0.39, 0.29) is 5.91 Å². The Kier molecular flexibility index (Phi) is 5.82. The first-order chi connectivity index (χ1) is 14.1. The molecule has 1 amide bonds. The van der Waals surface area contributed by atoms with Crippen LogP contribution in [0.15, 0.2) is 42.5 Å². The number of aromatic amines is 1. The molecule has 0 saturated carbocycles. The Bertz CT molecular complexity index is 999. The molecule has 0 bridgehead atoms. The topological polar surface area (TPSA) is 70.2 Å². The van der Waals surface area contributed by atoms with E-state index in [1.54, 1.807) is 18.2 Å². The Labute approximate surface area is 166 Å². The average molecular weight is 400 g/mol. The Morgan fingerprint density at radius 1 is 1.17 bits per heavy atom. The number of fused-ring (bicyclic) bond motifs is 1. The van der Waals surface area contributed by atoms with Crippen LogP contribution in [0, 0.1) is 0 Å². The standard InChI is InChI=1S/C21H22F2N4O2/c22-19(23)20-25-17-6-5-14(11-18(17)26-20)21(28)24-12-15-3-1-2-4-16(15)13-27-7-9-29-10-8-27/h1-6,11,19H,7-10,12-13H2,(H,24,28)(H,25,26). The zero-order chi connectivity index (χ0) is 20.2. The van der Waals surface area contributed by atoms with E-state index in [2.05, 4.69) is 26.3 Å². The maximum absolute atomic E-state index is 12.8. The maximum Gasteiger partial charge on any atom is 0.295 e. The number of hydrogen-bond acceptors (Lipinski definition) is 4. The molecule has 0 radical (unpaired) electrons. The van der Waals surface area contributed by atoms with Crippen molar-refractivity contribution < 1.29 is 18.3 Å². The number of amides is 1. The second kappa shape index (κ2) is 8.67. The number of halogens is 2. The van der Waals surface area contributed by atoms with E-state index in [0.29, 0.717) is 23.1 Å². The monoisotopic (exact) mass is 400 g/mol. The number of ether oxygens (including phenoxy) is 1. The number of aromatic nitrogens is 2. The lowest BCUT2D eigenvalue weighted by atomic mass is 10.1. The number of benzene rings is 2. The minimum absolute atomic E-state index is 0.263. The molecule has 0 unspecified atom stereocenters. The molecule has 1 aliphatic heterocycles. The van der Waals surface area contributed by atoms with Crippen molar-refractivity contribution in [1.29, 1.82) is 0 Å². The van der Waals surface area contributed by atoms with E-state index < -0.39 is 12.2 Å². The number of carbonyl (C=O) groups is 1. The molecule has 0 spiro atoms. The van der Waals surface area contributed by atoms with Crippen molar-refractivity contribution in [1.82, 2.24) is 20.2 Å². The molecule has 8 heteroatoms. The highest BCUT2D eigenvalue weighted by molar-refractivity contribution is 5.97. The second-order valence-electron chi connectivity index (χ2n) is 6.99. The lowest BCUT2D eigenvalue weighted by Gasteiger charge is -2.27. The van der Waals surface area contributed by atoms with Gasteiger partial charge in [0.15, 0.2) is 5.82 Å². The molecule has 0 aliphatic carbocycles. The van der Waals surface area contributed by atoms with Crippen molar-refractivity contribution in [2.24, 2.45) is 0 Å². The summed E-state index contributed by atoms with van der Waals surface area (Å²) in [4.78, 5) is 21.3. The van der Waals surface area contributed by atoms with Crippen LogP contribution in [0.5, 0.6) is 0 Å². The third kappa shape index (κ3) is 4.60. The highest BCUT2D eigenvalue weighted by Gasteiger charge is 2.15. The van der Waals surface area contributed by atoms with Gasteiger partial charge in [0.05, 0.1) is 24.2 Å². The number of hydrogen-bond donors (Lipinski definition) is 2. The van der Waals surface area contributed by atoms with Gasteiger partial charge in [-0.1, -0.05) is 24.3 Å². The van der Waals surface area contributed by atoms with Gasteiger partial charge in [-0.2, -0.15) is 0 Å². The minimum atomic E-state index is -2.68. The zero-order valence-electron chi connectivity index (χ0n) is 15.8. The highest BCUT2D eigenvalue weighted by atomic mass is 19.3. The van der Waals surface area contributed by atoms with Gasteiger partial charge in [-0.15, -0.1) is 0 Å². The Hall–Kier alpha value is -2.84. The van der Waals surface area contributed by atoms with Gasteiger partial charge in [0.2, 0.25) is 0 Å². The van der Waals surface area contributed by atoms with E-state index in [1.165, 1.54) is 5.56 Å². The fourth-order valence-electron chi connectivity index (χ4n) is 3.44. The Morgan fingerprint density at radius 2 is 1.93 bits per heavy atom. The summed E-state index contributed by atoms with van der Waals surface area (Å²) in [6, 6.07) is 12.7. The maximum atomic E-state index is 12.8. The van der Waals surface area contributed by atoms with Crippen LogP contribution < -0.4 is 5.32 Å². The fourth-order valence-corrected chi connectivity index (χ4v) is 3.44. The molecule has 2 aromatic carbocycles. The normalized spacial score (nSPS) is 15.1. The number of nitrogens with one attached hydrogen (secondary N) is 2. The molecule has 2 heterocycles. The summed E-state index contributed by atoms with van der Waals surface area (Å²) in [5.74, 6) is -0.657. The number of carbonyl (C=O) groups excluding carboxylic acids is 1. The van der Waals surface area contributed by atoms with Crippen LogP contribution in [0.1, 0.15) is 33.7 Å². The SMILES string of the molecule is O=C(NCc1ccccc1CN1CCOCC1)c1ccc2nc(C(F)F)[nH]c2c1. The molecule has 6 nitrogen and oxygen atoms in total. The van der Waals surface area contributed by atoms with Crippen molar-refractivity contribution in [2.45, 2.75) is 19.5 Å².